The molecule has 0 aliphatic rings. The summed E-state index contributed by atoms with van der Waals surface area (Å²) in [5.41, 5.74) is -6.36. The Morgan fingerprint density at radius 2 is 1.50 bits per heavy atom. The maximum absolute atomic E-state index is 12.5. The third kappa shape index (κ3) is 4.48. The fourth-order valence-electron chi connectivity index (χ4n) is 1.12. The highest BCUT2D eigenvalue weighted by atomic mass is 32.2. The second kappa shape index (κ2) is 5.99. The van der Waals surface area contributed by atoms with Crippen LogP contribution in [0.3, 0.4) is 0 Å². The van der Waals surface area contributed by atoms with Gasteiger partial charge < -0.3 is 4.18 Å². The van der Waals surface area contributed by atoms with Crippen LogP contribution in [-0.4, -0.2) is 25.9 Å². The monoisotopic (exact) mass is 348 g/mol. The van der Waals surface area contributed by atoms with E-state index in [9.17, 15) is 39.6 Å². The molecule has 0 heterocycles. The first-order valence-corrected chi connectivity index (χ1v) is 6.64. The molecule has 1 rings (SSSR count). The summed E-state index contributed by atoms with van der Waals surface area (Å²) in [6, 6.07) is 6.20. The number of carbonyl (C=O) groups excluding carboxylic acids is 1. The van der Waals surface area contributed by atoms with Gasteiger partial charge in [0.15, 0.2) is 5.78 Å². The predicted octanol–water partition coefficient (Wildman–Crippen LogP) is 3.18. The van der Waals surface area contributed by atoms with Crippen molar-refractivity contribution in [3.63, 3.8) is 0 Å². The average Bonchev–Trinajstić information content (AvgIpc) is 2.36. The van der Waals surface area contributed by atoms with Gasteiger partial charge in [0, 0.05) is 11.6 Å². The van der Waals surface area contributed by atoms with Crippen molar-refractivity contribution in [2.45, 2.75) is 11.7 Å². The Labute approximate surface area is 120 Å². The third-order valence-corrected chi connectivity index (χ3v) is 3.05. The zero-order chi connectivity index (χ0) is 17.2. The largest absolute Gasteiger partial charge is 0.534 e. The van der Waals surface area contributed by atoms with Gasteiger partial charge in [0.05, 0.1) is 0 Å². The molecule has 0 aliphatic carbocycles. The first-order chi connectivity index (χ1) is 9.84. The highest BCUT2D eigenvalue weighted by Gasteiger charge is 2.52. The van der Waals surface area contributed by atoms with E-state index < -0.39 is 33.3 Å². The molecule has 1 aromatic rings. The van der Waals surface area contributed by atoms with Crippen LogP contribution in [-0.2, 0) is 14.3 Å². The molecule has 0 amide bonds. The second-order valence-corrected chi connectivity index (χ2v) is 5.26. The number of rotatable bonds is 4. The van der Waals surface area contributed by atoms with Crippen molar-refractivity contribution in [1.29, 1.82) is 0 Å². The van der Waals surface area contributed by atoms with E-state index >= 15 is 0 Å². The lowest BCUT2D eigenvalue weighted by Gasteiger charge is -2.14. The van der Waals surface area contributed by atoms with Crippen molar-refractivity contribution in [3.05, 3.63) is 47.7 Å². The average molecular weight is 348 g/mol. The number of hydrogen-bond donors (Lipinski definition) is 0. The Hall–Kier alpha value is -2.04. The van der Waals surface area contributed by atoms with Gasteiger partial charge >= 0.3 is 21.8 Å². The number of ketones is 1. The van der Waals surface area contributed by atoms with Gasteiger partial charge in [-0.1, -0.05) is 30.3 Å². The van der Waals surface area contributed by atoms with Crippen molar-refractivity contribution < 1.29 is 43.7 Å². The van der Waals surface area contributed by atoms with E-state index in [1.165, 1.54) is 18.2 Å². The molecule has 0 saturated carbocycles. The van der Waals surface area contributed by atoms with E-state index in [2.05, 4.69) is 4.18 Å². The normalized spacial score (nSPS) is 13.8. The summed E-state index contributed by atoms with van der Waals surface area (Å²) in [5.74, 6) is -3.95. The van der Waals surface area contributed by atoms with Crippen LogP contribution in [0.1, 0.15) is 10.4 Å². The highest BCUT2D eigenvalue weighted by molar-refractivity contribution is 7.87. The SMILES string of the molecule is O=C(/C=C(\OS(=O)(=O)C(F)(F)F)C(F)(F)F)c1ccccc1. The van der Waals surface area contributed by atoms with E-state index in [0.29, 0.717) is 0 Å². The smallest absolute Gasteiger partial charge is 0.371 e. The van der Waals surface area contributed by atoms with Gasteiger partial charge in [0.25, 0.3) is 0 Å². The van der Waals surface area contributed by atoms with Crippen molar-refractivity contribution in [2.24, 2.45) is 0 Å². The van der Waals surface area contributed by atoms with Crippen molar-refractivity contribution in [1.82, 2.24) is 0 Å². The molecular weight excluding hydrogens is 342 g/mol. The van der Waals surface area contributed by atoms with Crippen LogP contribution in [0.25, 0.3) is 0 Å². The number of halogens is 6. The number of alkyl halides is 6. The molecule has 0 fully saturated rings. The van der Waals surface area contributed by atoms with E-state index in [1.54, 1.807) is 0 Å². The predicted molar refractivity (Wildman–Crippen MR) is 61.0 cm³/mol. The van der Waals surface area contributed by atoms with E-state index in [0.717, 1.165) is 12.1 Å². The maximum atomic E-state index is 12.5. The highest BCUT2D eigenvalue weighted by Crippen LogP contribution is 2.33. The quantitative estimate of drug-likeness (QED) is 0.209. The van der Waals surface area contributed by atoms with Gasteiger partial charge in [-0.05, 0) is 0 Å². The lowest BCUT2D eigenvalue weighted by Crippen LogP contribution is -2.29. The van der Waals surface area contributed by atoms with Crippen LogP contribution in [0.2, 0.25) is 0 Å². The first kappa shape index (κ1) is 18.0. The van der Waals surface area contributed by atoms with E-state index in [4.69, 9.17) is 0 Å². The molecule has 0 bridgehead atoms. The molecule has 1 aromatic carbocycles. The minimum Gasteiger partial charge on any atom is -0.371 e. The van der Waals surface area contributed by atoms with Crippen LogP contribution in [0.4, 0.5) is 26.3 Å². The number of allylic oxidation sites excluding steroid dienone is 2. The minimum atomic E-state index is -6.55. The Kier molecular flexibility index (Phi) is 4.90. The fourth-order valence-corrected chi connectivity index (χ4v) is 1.60. The summed E-state index contributed by atoms with van der Waals surface area (Å²) < 4.78 is 98.0. The summed E-state index contributed by atoms with van der Waals surface area (Å²) >= 11 is 0. The molecule has 0 aliphatic heterocycles. The molecule has 0 spiro atoms. The number of carbonyl (C=O) groups is 1. The Bertz CT molecular complexity index is 673. The maximum Gasteiger partial charge on any atom is 0.534 e. The summed E-state index contributed by atoms with van der Waals surface area (Å²) in [7, 11) is -6.55. The lowest BCUT2D eigenvalue weighted by atomic mass is 10.1. The molecule has 11 heteroatoms. The summed E-state index contributed by atoms with van der Waals surface area (Å²) in [6.45, 7) is 0. The van der Waals surface area contributed by atoms with Crippen LogP contribution in [0, 0.1) is 0 Å². The lowest BCUT2D eigenvalue weighted by molar-refractivity contribution is -0.119. The van der Waals surface area contributed by atoms with Gasteiger partial charge in [0.1, 0.15) is 0 Å². The molecular formula is C11H6F6O4S. The van der Waals surface area contributed by atoms with Crippen molar-refractivity contribution >= 4 is 15.9 Å². The zero-order valence-electron chi connectivity index (χ0n) is 10.3. The topological polar surface area (TPSA) is 60.4 Å². The van der Waals surface area contributed by atoms with E-state index in [1.807, 2.05) is 0 Å². The Morgan fingerprint density at radius 1 is 1.00 bits per heavy atom. The molecule has 0 N–H and O–H groups in total. The van der Waals surface area contributed by atoms with Crippen molar-refractivity contribution in [3.8, 4) is 0 Å². The summed E-state index contributed by atoms with van der Waals surface area (Å²) in [4.78, 5) is 11.5. The van der Waals surface area contributed by atoms with Crippen LogP contribution in [0.15, 0.2) is 42.2 Å². The molecule has 4 nitrogen and oxygen atoms in total. The number of benzene rings is 1. The molecule has 0 radical (unpaired) electrons. The molecule has 0 saturated heterocycles. The van der Waals surface area contributed by atoms with Gasteiger partial charge in [-0.25, -0.2) is 0 Å². The molecule has 0 atom stereocenters. The van der Waals surface area contributed by atoms with Gasteiger partial charge in [0.2, 0.25) is 5.76 Å². The summed E-state index contributed by atoms with van der Waals surface area (Å²) in [5, 5.41) is 0. The molecule has 22 heavy (non-hydrogen) atoms. The van der Waals surface area contributed by atoms with Crippen LogP contribution < -0.4 is 0 Å². The minimum absolute atomic E-state index is 0.294. The van der Waals surface area contributed by atoms with Crippen LogP contribution >= 0.6 is 0 Å². The van der Waals surface area contributed by atoms with Crippen molar-refractivity contribution in [2.75, 3.05) is 0 Å². The standard InChI is InChI=1S/C11H6F6O4S/c12-10(13,14)9(21-22(19,20)11(15,16)17)6-8(18)7-4-2-1-3-5-7/h1-6H/b9-6-. The van der Waals surface area contributed by atoms with Gasteiger partial charge in [-0.3, -0.25) is 4.79 Å². The van der Waals surface area contributed by atoms with Crippen LogP contribution in [0.5, 0.6) is 0 Å². The first-order valence-electron chi connectivity index (χ1n) is 5.23. The Balaban J connectivity index is 3.21. The molecule has 122 valence electrons. The second-order valence-electron chi connectivity index (χ2n) is 3.72. The zero-order valence-corrected chi connectivity index (χ0v) is 11.1. The van der Waals surface area contributed by atoms with E-state index in [-0.39, 0.29) is 11.6 Å². The summed E-state index contributed by atoms with van der Waals surface area (Å²) in [6.07, 6.45) is -5.97. The number of hydrogen-bond acceptors (Lipinski definition) is 4. The van der Waals surface area contributed by atoms with Gasteiger partial charge in [-0.2, -0.15) is 34.8 Å². The van der Waals surface area contributed by atoms with Gasteiger partial charge in [-0.15, -0.1) is 0 Å². The fraction of sp³-hybridized carbons (Fsp3) is 0.182. The molecule has 0 unspecified atom stereocenters. The third-order valence-electron chi connectivity index (χ3n) is 2.08. The molecule has 0 aromatic heterocycles. The Morgan fingerprint density at radius 3 is 1.91 bits per heavy atom.